The van der Waals surface area contributed by atoms with Gasteiger partial charge >= 0.3 is 5.97 Å². The Morgan fingerprint density at radius 3 is 2.79 bits per heavy atom. The van der Waals surface area contributed by atoms with Crippen molar-refractivity contribution in [3.63, 3.8) is 0 Å². The second-order valence-electron chi connectivity index (χ2n) is 3.88. The first-order valence-corrected chi connectivity index (χ1v) is 6.59. The summed E-state index contributed by atoms with van der Waals surface area (Å²) in [6.07, 6.45) is 1.87. The number of ether oxygens (including phenoxy) is 2. The molecule has 1 rings (SSSR count). The van der Waals surface area contributed by atoms with Crippen molar-refractivity contribution in [2.24, 2.45) is 0 Å². The molecular formula is C12H18BrN3O3. The van der Waals surface area contributed by atoms with Crippen molar-refractivity contribution >= 4 is 33.4 Å². The van der Waals surface area contributed by atoms with E-state index < -0.39 is 0 Å². The lowest BCUT2D eigenvalue weighted by Gasteiger charge is -2.24. The number of aromatic nitrogens is 1. The Labute approximate surface area is 121 Å². The maximum Gasteiger partial charge on any atom is 0.307 e. The topological polar surface area (TPSA) is 77.7 Å². The van der Waals surface area contributed by atoms with E-state index in [0.717, 1.165) is 10.3 Å². The summed E-state index contributed by atoms with van der Waals surface area (Å²) in [4.78, 5) is 17.5. The van der Waals surface area contributed by atoms with Gasteiger partial charge in [-0.1, -0.05) is 0 Å². The highest BCUT2D eigenvalue weighted by atomic mass is 79.9. The summed E-state index contributed by atoms with van der Waals surface area (Å²) in [6, 6.07) is 1.78. The molecule has 0 aliphatic rings. The van der Waals surface area contributed by atoms with Crippen LogP contribution in [0.3, 0.4) is 0 Å². The molecule has 1 heterocycles. The zero-order chi connectivity index (χ0) is 14.3. The minimum atomic E-state index is -0.256. The van der Waals surface area contributed by atoms with Crippen molar-refractivity contribution in [2.75, 3.05) is 44.5 Å². The van der Waals surface area contributed by atoms with Gasteiger partial charge in [0.05, 0.1) is 36.5 Å². The molecule has 0 atom stereocenters. The number of esters is 1. The molecule has 6 nitrogen and oxygen atoms in total. The summed E-state index contributed by atoms with van der Waals surface area (Å²) < 4.78 is 10.5. The maximum absolute atomic E-state index is 11.2. The Kier molecular flexibility index (Phi) is 6.58. The summed E-state index contributed by atoms with van der Waals surface area (Å²) in [5.74, 6) is 0.476. The first-order valence-electron chi connectivity index (χ1n) is 5.80. The number of nitrogens with zero attached hydrogens (tertiary/aromatic N) is 2. The van der Waals surface area contributed by atoms with Gasteiger partial charge in [0.25, 0.3) is 0 Å². The molecule has 1 aromatic rings. The molecule has 0 aromatic carbocycles. The van der Waals surface area contributed by atoms with Crippen LogP contribution in [0.1, 0.15) is 6.42 Å². The number of hydrogen-bond donors (Lipinski definition) is 1. The van der Waals surface area contributed by atoms with Gasteiger partial charge < -0.3 is 20.1 Å². The van der Waals surface area contributed by atoms with E-state index in [4.69, 9.17) is 10.5 Å². The number of pyridine rings is 1. The predicted octanol–water partition coefficient (Wildman–Crippen LogP) is 1.44. The molecular weight excluding hydrogens is 314 g/mol. The Morgan fingerprint density at radius 2 is 2.21 bits per heavy atom. The van der Waals surface area contributed by atoms with Crippen LogP contribution >= 0.6 is 15.9 Å². The normalized spacial score (nSPS) is 10.3. The van der Waals surface area contributed by atoms with Crippen molar-refractivity contribution < 1.29 is 14.3 Å². The van der Waals surface area contributed by atoms with Gasteiger partial charge in [0, 0.05) is 20.2 Å². The van der Waals surface area contributed by atoms with Crippen LogP contribution in [0.2, 0.25) is 0 Å². The number of rotatable bonds is 7. The van der Waals surface area contributed by atoms with E-state index in [1.54, 1.807) is 19.4 Å². The minimum Gasteiger partial charge on any atom is -0.469 e. The Balaban J connectivity index is 2.79. The van der Waals surface area contributed by atoms with Crippen LogP contribution in [0.5, 0.6) is 0 Å². The largest absolute Gasteiger partial charge is 0.469 e. The molecule has 0 unspecified atom stereocenters. The van der Waals surface area contributed by atoms with Gasteiger partial charge in [-0.3, -0.25) is 4.79 Å². The lowest BCUT2D eigenvalue weighted by Crippen LogP contribution is -2.31. The van der Waals surface area contributed by atoms with Crippen molar-refractivity contribution in [1.82, 2.24) is 4.98 Å². The first kappa shape index (κ1) is 15.7. The average Bonchev–Trinajstić information content (AvgIpc) is 2.39. The minimum absolute atomic E-state index is 0.256. The molecule has 2 N–H and O–H groups in total. The second kappa shape index (κ2) is 7.96. The molecule has 0 aliphatic carbocycles. The zero-order valence-corrected chi connectivity index (χ0v) is 12.6. The number of methoxy groups -OCH3 is 2. The highest BCUT2D eigenvalue weighted by Crippen LogP contribution is 2.25. The van der Waals surface area contributed by atoms with Gasteiger partial charge in [-0.2, -0.15) is 0 Å². The molecule has 0 aliphatic heterocycles. The predicted molar refractivity (Wildman–Crippen MR) is 77.1 cm³/mol. The average molecular weight is 332 g/mol. The third-order valence-electron chi connectivity index (χ3n) is 2.52. The third-order valence-corrected chi connectivity index (χ3v) is 3.10. The molecule has 19 heavy (non-hydrogen) atoms. The van der Waals surface area contributed by atoms with E-state index in [1.807, 2.05) is 4.90 Å². The van der Waals surface area contributed by atoms with E-state index in [9.17, 15) is 4.79 Å². The fourth-order valence-corrected chi connectivity index (χ4v) is 2.15. The molecule has 0 radical (unpaired) electrons. The van der Waals surface area contributed by atoms with Gasteiger partial charge in [-0.15, -0.1) is 0 Å². The van der Waals surface area contributed by atoms with Crippen molar-refractivity contribution in [3.8, 4) is 0 Å². The van der Waals surface area contributed by atoms with Gasteiger partial charge in [-0.25, -0.2) is 4.98 Å². The van der Waals surface area contributed by atoms with E-state index in [2.05, 4.69) is 25.7 Å². The number of nitrogens with two attached hydrogens (primary N) is 1. The standard InChI is InChI=1S/C12H18BrN3O3/c1-18-6-5-16(4-3-11(17)19-2)12-10(13)7-9(14)8-15-12/h7-8H,3-6,14H2,1-2H3. The lowest BCUT2D eigenvalue weighted by atomic mass is 10.3. The molecule has 7 heteroatoms. The Hall–Kier alpha value is -1.34. The molecule has 106 valence electrons. The van der Waals surface area contributed by atoms with Gasteiger partial charge in [0.2, 0.25) is 0 Å². The summed E-state index contributed by atoms with van der Waals surface area (Å²) in [7, 11) is 3.00. The number of halogens is 1. The Morgan fingerprint density at radius 1 is 1.47 bits per heavy atom. The molecule has 0 bridgehead atoms. The van der Waals surface area contributed by atoms with Gasteiger partial charge in [-0.05, 0) is 22.0 Å². The monoisotopic (exact) mass is 331 g/mol. The van der Waals surface area contributed by atoms with Crippen LogP contribution in [-0.2, 0) is 14.3 Å². The van der Waals surface area contributed by atoms with E-state index in [-0.39, 0.29) is 5.97 Å². The molecule has 0 saturated carbocycles. The van der Waals surface area contributed by atoms with Crippen LogP contribution in [0, 0.1) is 0 Å². The van der Waals surface area contributed by atoms with E-state index >= 15 is 0 Å². The van der Waals surface area contributed by atoms with Crippen LogP contribution in [0.15, 0.2) is 16.7 Å². The number of hydrogen-bond acceptors (Lipinski definition) is 6. The zero-order valence-electron chi connectivity index (χ0n) is 11.1. The maximum atomic E-state index is 11.2. The fourth-order valence-electron chi connectivity index (χ4n) is 1.53. The number of anilines is 2. The highest BCUT2D eigenvalue weighted by Gasteiger charge is 2.13. The van der Waals surface area contributed by atoms with Crippen molar-refractivity contribution in [1.29, 1.82) is 0 Å². The molecule has 0 amide bonds. The van der Waals surface area contributed by atoms with Crippen LogP contribution < -0.4 is 10.6 Å². The fraction of sp³-hybridized carbons (Fsp3) is 0.500. The molecule has 0 fully saturated rings. The van der Waals surface area contributed by atoms with Gasteiger partial charge in [0.15, 0.2) is 0 Å². The summed E-state index contributed by atoms with van der Waals surface area (Å²) in [6.45, 7) is 1.67. The van der Waals surface area contributed by atoms with E-state index in [1.165, 1.54) is 7.11 Å². The molecule has 0 saturated heterocycles. The summed E-state index contributed by atoms with van der Waals surface area (Å²) >= 11 is 3.42. The molecule has 0 spiro atoms. The molecule has 1 aromatic heterocycles. The quantitative estimate of drug-likeness (QED) is 0.762. The van der Waals surface area contributed by atoms with Crippen molar-refractivity contribution in [2.45, 2.75) is 6.42 Å². The van der Waals surface area contributed by atoms with Crippen LogP contribution in [-0.4, -0.2) is 44.9 Å². The SMILES string of the molecule is COCCN(CCC(=O)OC)c1ncc(N)cc1Br. The van der Waals surface area contributed by atoms with E-state index in [0.29, 0.717) is 31.8 Å². The summed E-state index contributed by atoms with van der Waals surface area (Å²) in [5.41, 5.74) is 6.24. The number of carbonyl (C=O) groups excluding carboxylic acids is 1. The van der Waals surface area contributed by atoms with Gasteiger partial charge in [0.1, 0.15) is 5.82 Å². The first-order chi connectivity index (χ1) is 9.08. The Bertz CT molecular complexity index is 429. The summed E-state index contributed by atoms with van der Waals surface area (Å²) in [5, 5.41) is 0. The number of carbonyl (C=O) groups is 1. The lowest BCUT2D eigenvalue weighted by molar-refractivity contribution is -0.140. The number of nitrogen functional groups attached to an aromatic ring is 1. The third kappa shape index (κ3) is 5.04. The van der Waals surface area contributed by atoms with Crippen LogP contribution in [0.25, 0.3) is 0 Å². The van der Waals surface area contributed by atoms with Crippen LogP contribution in [0.4, 0.5) is 11.5 Å². The van der Waals surface area contributed by atoms with Crippen molar-refractivity contribution in [3.05, 3.63) is 16.7 Å². The smallest absolute Gasteiger partial charge is 0.307 e. The highest BCUT2D eigenvalue weighted by molar-refractivity contribution is 9.10. The second-order valence-corrected chi connectivity index (χ2v) is 4.73.